The summed E-state index contributed by atoms with van der Waals surface area (Å²) in [5.74, 6) is 0. The first-order chi connectivity index (χ1) is 30.8. The van der Waals surface area contributed by atoms with Crippen LogP contribution in [-0.4, -0.2) is 4.57 Å². The fourth-order valence-corrected chi connectivity index (χ4v) is 9.27. The fraction of sp³-hybridized carbons (Fsp3) is 0. The van der Waals surface area contributed by atoms with Gasteiger partial charge in [0.1, 0.15) is 0 Å². The number of fused-ring (bicyclic) bond motifs is 3. The van der Waals surface area contributed by atoms with Gasteiger partial charge >= 0.3 is 0 Å². The van der Waals surface area contributed by atoms with Gasteiger partial charge in [0.05, 0.1) is 28.1 Å². The Morgan fingerprint density at radius 2 is 0.694 bits per heavy atom. The first-order valence-corrected chi connectivity index (χ1v) is 21.3. The predicted octanol–water partition coefficient (Wildman–Crippen LogP) is 16.6. The summed E-state index contributed by atoms with van der Waals surface area (Å²) in [6.07, 6.45) is 0. The largest absolute Gasteiger partial charge is 0.309 e. The van der Waals surface area contributed by atoms with Gasteiger partial charge in [-0.3, -0.25) is 0 Å². The van der Waals surface area contributed by atoms with E-state index in [-0.39, 0.29) is 0 Å². The summed E-state index contributed by atoms with van der Waals surface area (Å²) < 4.78 is 2.41. The van der Waals surface area contributed by atoms with E-state index in [4.69, 9.17) is 0 Å². The molecule has 0 radical (unpaired) electrons. The van der Waals surface area contributed by atoms with Crippen molar-refractivity contribution in [3.8, 4) is 61.3 Å². The predicted molar refractivity (Wildman–Crippen MR) is 263 cm³/mol. The summed E-state index contributed by atoms with van der Waals surface area (Å²) in [5.41, 5.74) is 18.4. The molecular weight excluding hydrogens is 749 g/mol. The Morgan fingerprint density at radius 3 is 1.34 bits per heavy atom. The van der Waals surface area contributed by atoms with Gasteiger partial charge in [-0.25, -0.2) is 0 Å². The molecule has 0 amide bonds. The number of para-hydroxylation sites is 3. The van der Waals surface area contributed by atoms with Crippen molar-refractivity contribution in [3.05, 3.63) is 255 Å². The average Bonchev–Trinajstić information content (AvgIpc) is 3.70. The molecule has 0 saturated heterocycles. The third kappa shape index (κ3) is 6.56. The number of aromatic nitrogens is 1. The average molecular weight is 791 g/mol. The lowest BCUT2D eigenvalue weighted by Crippen LogP contribution is -2.13. The zero-order valence-electron chi connectivity index (χ0n) is 34.1. The van der Waals surface area contributed by atoms with Gasteiger partial charge in [0.2, 0.25) is 0 Å². The number of rotatable bonds is 9. The number of hydrogen-bond donors (Lipinski definition) is 0. The molecule has 0 N–H and O–H groups in total. The molecule has 2 nitrogen and oxygen atoms in total. The van der Waals surface area contributed by atoms with Crippen LogP contribution in [0, 0.1) is 0 Å². The molecule has 11 rings (SSSR count). The van der Waals surface area contributed by atoms with Crippen LogP contribution in [0.25, 0.3) is 83.1 Å². The Labute approximate surface area is 362 Å². The highest BCUT2D eigenvalue weighted by atomic mass is 15.2. The number of hydrogen-bond acceptors (Lipinski definition) is 1. The Balaban J connectivity index is 1.26. The molecule has 0 spiro atoms. The quantitative estimate of drug-likeness (QED) is 0.141. The molecule has 0 bridgehead atoms. The van der Waals surface area contributed by atoms with E-state index in [0.717, 1.165) is 56.1 Å². The second-order valence-corrected chi connectivity index (χ2v) is 15.6. The SMILES string of the molecule is c1ccc(-c2ccccc2-c2ccc(N(c3ccccc3-c3ccccc3)c3cccc4c3c3ccccc3n4-c3ccccc3)c(-c3ccccc3-c3ccccc3)c2)cc1. The summed E-state index contributed by atoms with van der Waals surface area (Å²) in [5, 5.41) is 2.39. The van der Waals surface area contributed by atoms with E-state index < -0.39 is 0 Å². The molecule has 0 aliphatic heterocycles. The molecule has 0 unspecified atom stereocenters. The third-order valence-electron chi connectivity index (χ3n) is 12.0. The minimum Gasteiger partial charge on any atom is -0.309 e. The van der Waals surface area contributed by atoms with Crippen molar-refractivity contribution in [3.63, 3.8) is 0 Å². The van der Waals surface area contributed by atoms with E-state index in [2.05, 4.69) is 264 Å². The molecule has 1 heterocycles. The van der Waals surface area contributed by atoms with E-state index in [9.17, 15) is 0 Å². The summed E-state index contributed by atoms with van der Waals surface area (Å²) >= 11 is 0. The van der Waals surface area contributed by atoms with E-state index >= 15 is 0 Å². The topological polar surface area (TPSA) is 8.17 Å². The Kier molecular flexibility index (Phi) is 9.57. The first kappa shape index (κ1) is 36.8. The van der Waals surface area contributed by atoms with E-state index in [1.807, 2.05) is 0 Å². The highest BCUT2D eigenvalue weighted by molar-refractivity contribution is 6.17. The minimum absolute atomic E-state index is 1.08. The van der Waals surface area contributed by atoms with Crippen molar-refractivity contribution in [2.45, 2.75) is 0 Å². The summed E-state index contributed by atoms with van der Waals surface area (Å²) in [7, 11) is 0. The van der Waals surface area contributed by atoms with Crippen LogP contribution >= 0.6 is 0 Å². The molecule has 0 saturated carbocycles. The standard InChI is InChI=1S/C60H42N2/c1-5-22-43(23-6-1)48-30-13-14-32-50(48)46-40-41-57(54(42-46)52-34-16-15-31-49(52)44-24-7-2-8-25-44)62(55-36-19-17-33-51(55)45-26-9-3-10-27-45)59-39-21-38-58-60(59)53-35-18-20-37-56(53)61(58)47-28-11-4-12-29-47/h1-42H. The zero-order chi connectivity index (χ0) is 41.2. The smallest absolute Gasteiger partial charge is 0.0562 e. The first-order valence-electron chi connectivity index (χ1n) is 21.3. The van der Waals surface area contributed by atoms with Crippen LogP contribution in [-0.2, 0) is 0 Å². The Hall–Kier alpha value is -8.20. The molecule has 0 aliphatic rings. The van der Waals surface area contributed by atoms with E-state index in [0.29, 0.717) is 0 Å². The number of benzene rings is 10. The molecule has 0 fully saturated rings. The lowest BCUT2D eigenvalue weighted by atomic mass is 9.88. The summed E-state index contributed by atoms with van der Waals surface area (Å²) in [4.78, 5) is 2.52. The molecule has 11 aromatic rings. The van der Waals surface area contributed by atoms with Gasteiger partial charge < -0.3 is 9.47 Å². The maximum atomic E-state index is 2.52. The van der Waals surface area contributed by atoms with Crippen molar-refractivity contribution in [1.82, 2.24) is 4.57 Å². The molecule has 1 aromatic heterocycles. The summed E-state index contributed by atoms with van der Waals surface area (Å²) in [6, 6.07) is 92.3. The Morgan fingerprint density at radius 1 is 0.258 bits per heavy atom. The van der Waals surface area contributed by atoms with Crippen molar-refractivity contribution in [2.75, 3.05) is 4.90 Å². The monoisotopic (exact) mass is 790 g/mol. The third-order valence-corrected chi connectivity index (χ3v) is 12.0. The number of nitrogens with zero attached hydrogens (tertiary/aromatic N) is 2. The second kappa shape index (κ2) is 16.1. The van der Waals surface area contributed by atoms with Crippen molar-refractivity contribution in [2.24, 2.45) is 0 Å². The normalized spacial score (nSPS) is 11.2. The zero-order valence-corrected chi connectivity index (χ0v) is 34.1. The number of anilines is 3. The Bertz CT molecular complexity index is 3330. The molecule has 2 heteroatoms. The van der Waals surface area contributed by atoms with Gasteiger partial charge in [0, 0.05) is 27.6 Å². The van der Waals surface area contributed by atoms with Crippen molar-refractivity contribution in [1.29, 1.82) is 0 Å². The van der Waals surface area contributed by atoms with Crippen LogP contribution in [0.4, 0.5) is 17.1 Å². The lowest BCUT2D eigenvalue weighted by Gasteiger charge is -2.31. The van der Waals surface area contributed by atoms with E-state index in [1.165, 1.54) is 44.1 Å². The van der Waals surface area contributed by atoms with E-state index in [1.54, 1.807) is 0 Å². The molecule has 10 aromatic carbocycles. The van der Waals surface area contributed by atoms with Gasteiger partial charge in [0.25, 0.3) is 0 Å². The van der Waals surface area contributed by atoms with Gasteiger partial charge in [0.15, 0.2) is 0 Å². The molecule has 0 atom stereocenters. The minimum atomic E-state index is 1.08. The second-order valence-electron chi connectivity index (χ2n) is 15.6. The highest BCUT2D eigenvalue weighted by Gasteiger charge is 2.26. The van der Waals surface area contributed by atoms with Crippen LogP contribution in [0.3, 0.4) is 0 Å². The summed E-state index contributed by atoms with van der Waals surface area (Å²) in [6.45, 7) is 0. The van der Waals surface area contributed by atoms with Crippen molar-refractivity contribution >= 4 is 38.9 Å². The lowest BCUT2D eigenvalue weighted by molar-refractivity contribution is 1.18. The van der Waals surface area contributed by atoms with Gasteiger partial charge in [-0.15, -0.1) is 0 Å². The maximum absolute atomic E-state index is 2.52. The van der Waals surface area contributed by atoms with Crippen LogP contribution < -0.4 is 4.90 Å². The van der Waals surface area contributed by atoms with Crippen molar-refractivity contribution < 1.29 is 0 Å². The maximum Gasteiger partial charge on any atom is 0.0562 e. The highest BCUT2D eigenvalue weighted by Crippen LogP contribution is 2.51. The van der Waals surface area contributed by atoms with Crippen LogP contribution in [0.1, 0.15) is 0 Å². The van der Waals surface area contributed by atoms with Crippen LogP contribution in [0.15, 0.2) is 255 Å². The van der Waals surface area contributed by atoms with Gasteiger partial charge in [-0.2, -0.15) is 0 Å². The fourth-order valence-electron chi connectivity index (χ4n) is 9.27. The van der Waals surface area contributed by atoms with Crippen LogP contribution in [0.5, 0.6) is 0 Å². The van der Waals surface area contributed by atoms with Gasteiger partial charge in [-0.05, 0) is 93.0 Å². The molecular formula is C60H42N2. The van der Waals surface area contributed by atoms with Crippen LogP contribution in [0.2, 0.25) is 0 Å². The van der Waals surface area contributed by atoms with Gasteiger partial charge in [-0.1, -0.05) is 206 Å². The molecule has 292 valence electrons. The molecule has 0 aliphatic carbocycles. The molecule has 62 heavy (non-hydrogen) atoms.